The van der Waals surface area contributed by atoms with Crippen LogP contribution in [0, 0.1) is 12.3 Å². The molecule has 1 aliphatic heterocycles. The number of anilines is 1. The maximum Gasteiger partial charge on any atom is 0.0574 e. The van der Waals surface area contributed by atoms with Crippen molar-refractivity contribution in [2.75, 3.05) is 50.7 Å². The van der Waals surface area contributed by atoms with Gasteiger partial charge < -0.3 is 10.2 Å². The molecule has 0 atom stereocenters. The Bertz CT molecular complexity index is 433. The van der Waals surface area contributed by atoms with Gasteiger partial charge in [-0.15, -0.1) is 6.42 Å². The van der Waals surface area contributed by atoms with E-state index in [-0.39, 0.29) is 0 Å². The molecular weight excluding hydrogens is 258 g/mol. The van der Waals surface area contributed by atoms with Gasteiger partial charge in [-0.2, -0.15) is 0 Å². The molecular formula is C15H20ClN3. The number of benzene rings is 1. The SMILES string of the molecule is C#CCNCCN1CCN(c2cccc(Cl)c2)CC1. The largest absolute Gasteiger partial charge is 0.369 e. The summed E-state index contributed by atoms with van der Waals surface area (Å²) in [6, 6.07) is 8.08. The van der Waals surface area contributed by atoms with Crippen molar-refractivity contribution in [2.24, 2.45) is 0 Å². The average Bonchev–Trinajstić information content (AvgIpc) is 2.44. The molecule has 0 bridgehead atoms. The zero-order valence-electron chi connectivity index (χ0n) is 11.1. The minimum Gasteiger partial charge on any atom is -0.369 e. The Balaban J connectivity index is 1.75. The number of nitrogens with zero attached hydrogens (tertiary/aromatic N) is 2. The van der Waals surface area contributed by atoms with Crippen LogP contribution in [-0.4, -0.2) is 50.7 Å². The Kier molecular flexibility index (Phi) is 5.53. The van der Waals surface area contributed by atoms with Crippen molar-refractivity contribution >= 4 is 17.3 Å². The van der Waals surface area contributed by atoms with E-state index in [0.717, 1.165) is 44.3 Å². The standard InChI is InChI=1S/C15H20ClN3/c1-2-6-17-7-8-18-9-11-19(12-10-18)15-5-3-4-14(16)13-15/h1,3-5,13,17H,6-12H2. The summed E-state index contributed by atoms with van der Waals surface area (Å²) in [6.07, 6.45) is 5.20. The lowest BCUT2D eigenvalue weighted by molar-refractivity contribution is 0.259. The monoisotopic (exact) mass is 277 g/mol. The van der Waals surface area contributed by atoms with Crippen LogP contribution in [-0.2, 0) is 0 Å². The van der Waals surface area contributed by atoms with Crippen LogP contribution in [0.1, 0.15) is 0 Å². The van der Waals surface area contributed by atoms with Crippen molar-refractivity contribution in [2.45, 2.75) is 0 Å². The Labute approximate surface area is 120 Å². The van der Waals surface area contributed by atoms with E-state index >= 15 is 0 Å². The second-order valence-corrected chi connectivity index (χ2v) is 5.13. The topological polar surface area (TPSA) is 18.5 Å². The normalized spacial score (nSPS) is 16.3. The van der Waals surface area contributed by atoms with Crippen LogP contribution in [0.25, 0.3) is 0 Å². The molecule has 1 N–H and O–H groups in total. The highest BCUT2D eigenvalue weighted by atomic mass is 35.5. The maximum absolute atomic E-state index is 6.03. The molecule has 1 aromatic carbocycles. The molecule has 0 radical (unpaired) electrons. The molecule has 2 rings (SSSR count). The molecule has 1 aromatic rings. The zero-order chi connectivity index (χ0) is 13.5. The minimum absolute atomic E-state index is 0.655. The number of halogens is 1. The van der Waals surface area contributed by atoms with Crippen LogP contribution in [0.4, 0.5) is 5.69 Å². The summed E-state index contributed by atoms with van der Waals surface area (Å²) in [5, 5.41) is 4.03. The number of rotatable bonds is 5. The number of hydrogen-bond donors (Lipinski definition) is 1. The number of hydrogen-bond acceptors (Lipinski definition) is 3. The molecule has 1 aliphatic rings. The molecule has 102 valence electrons. The Morgan fingerprint density at radius 1 is 1.26 bits per heavy atom. The molecule has 0 saturated carbocycles. The molecule has 1 saturated heterocycles. The van der Waals surface area contributed by atoms with Gasteiger partial charge in [0.25, 0.3) is 0 Å². The summed E-state index contributed by atoms with van der Waals surface area (Å²) < 4.78 is 0. The minimum atomic E-state index is 0.655. The quantitative estimate of drug-likeness (QED) is 0.653. The van der Waals surface area contributed by atoms with E-state index in [1.54, 1.807) is 0 Å². The second-order valence-electron chi connectivity index (χ2n) is 4.69. The van der Waals surface area contributed by atoms with Gasteiger partial charge in [-0.3, -0.25) is 4.90 Å². The van der Waals surface area contributed by atoms with Gasteiger partial charge in [0.05, 0.1) is 6.54 Å². The van der Waals surface area contributed by atoms with E-state index < -0.39 is 0 Å². The Morgan fingerprint density at radius 2 is 2.05 bits per heavy atom. The first-order valence-electron chi connectivity index (χ1n) is 6.66. The highest BCUT2D eigenvalue weighted by Gasteiger charge is 2.16. The van der Waals surface area contributed by atoms with Gasteiger partial charge >= 0.3 is 0 Å². The third-order valence-corrected chi connectivity index (χ3v) is 3.61. The van der Waals surface area contributed by atoms with Crippen molar-refractivity contribution in [3.8, 4) is 12.3 Å². The first-order valence-corrected chi connectivity index (χ1v) is 7.04. The number of nitrogens with one attached hydrogen (secondary N) is 1. The number of terminal acetylenes is 1. The Hall–Kier alpha value is -1.21. The summed E-state index contributed by atoms with van der Waals surface area (Å²) in [5.74, 6) is 2.59. The second kappa shape index (κ2) is 7.40. The highest BCUT2D eigenvalue weighted by molar-refractivity contribution is 6.30. The van der Waals surface area contributed by atoms with Gasteiger partial charge in [-0.1, -0.05) is 23.6 Å². The van der Waals surface area contributed by atoms with Gasteiger partial charge in [-0.25, -0.2) is 0 Å². The molecule has 0 aliphatic carbocycles. The molecule has 1 heterocycles. The first-order chi connectivity index (χ1) is 9.29. The fraction of sp³-hybridized carbons (Fsp3) is 0.467. The maximum atomic E-state index is 6.03. The van der Waals surface area contributed by atoms with Crippen LogP contribution in [0.5, 0.6) is 0 Å². The third-order valence-electron chi connectivity index (χ3n) is 3.38. The van der Waals surface area contributed by atoms with Crippen LogP contribution < -0.4 is 10.2 Å². The van der Waals surface area contributed by atoms with Gasteiger partial charge in [0.2, 0.25) is 0 Å². The van der Waals surface area contributed by atoms with Crippen molar-refractivity contribution in [3.05, 3.63) is 29.3 Å². The van der Waals surface area contributed by atoms with Crippen LogP contribution in [0.3, 0.4) is 0 Å². The smallest absolute Gasteiger partial charge is 0.0574 e. The molecule has 0 aromatic heterocycles. The van der Waals surface area contributed by atoms with Crippen LogP contribution >= 0.6 is 11.6 Å². The van der Waals surface area contributed by atoms with E-state index in [2.05, 4.69) is 27.1 Å². The van der Waals surface area contributed by atoms with Gasteiger partial charge in [-0.05, 0) is 18.2 Å². The molecule has 4 heteroatoms. The van der Waals surface area contributed by atoms with Gasteiger partial charge in [0.1, 0.15) is 0 Å². The lowest BCUT2D eigenvalue weighted by Gasteiger charge is -2.36. The lowest BCUT2D eigenvalue weighted by atomic mass is 10.2. The van der Waals surface area contributed by atoms with Crippen molar-refractivity contribution in [3.63, 3.8) is 0 Å². The summed E-state index contributed by atoms with van der Waals surface area (Å²) >= 11 is 6.03. The predicted octanol–water partition coefficient (Wildman–Crippen LogP) is 1.68. The van der Waals surface area contributed by atoms with Gasteiger partial charge in [0, 0.05) is 50.0 Å². The molecule has 1 fully saturated rings. The summed E-state index contributed by atoms with van der Waals surface area (Å²) in [6.45, 7) is 6.95. The van der Waals surface area contributed by atoms with Crippen molar-refractivity contribution in [1.82, 2.24) is 10.2 Å². The fourth-order valence-corrected chi connectivity index (χ4v) is 2.48. The zero-order valence-corrected chi connectivity index (χ0v) is 11.9. The summed E-state index contributed by atoms with van der Waals surface area (Å²) in [5.41, 5.74) is 1.22. The van der Waals surface area contributed by atoms with Gasteiger partial charge in [0.15, 0.2) is 0 Å². The van der Waals surface area contributed by atoms with Crippen LogP contribution in [0.2, 0.25) is 5.02 Å². The number of piperazine rings is 1. The van der Waals surface area contributed by atoms with Crippen LogP contribution in [0.15, 0.2) is 24.3 Å². The summed E-state index contributed by atoms with van der Waals surface area (Å²) in [4.78, 5) is 4.85. The van der Waals surface area contributed by atoms with E-state index in [9.17, 15) is 0 Å². The molecule has 0 spiro atoms. The van der Waals surface area contributed by atoms with E-state index in [0.29, 0.717) is 6.54 Å². The molecule has 0 amide bonds. The first kappa shape index (κ1) is 14.2. The van der Waals surface area contributed by atoms with E-state index in [1.807, 2.05) is 18.2 Å². The lowest BCUT2D eigenvalue weighted by Crippen LogP contribution is -2.48. The molecule has 19 heavy (non-hydrogen) atoms. The molecule has 3 nitrogen and oxygen atoms in total. The summed E-state index contributed by atoms with van der Waals surface area (Å²) in [7, 11) is 0. The van der Waals surface area contributed by atoms with Crippen molar-refractivity contribution < 1.29 is 0 Å². The van der Waals surface area contributed by atoms with E-state index in [1.165, 1.54) is 5.69 Å². The molecule has 0 unspecified atom stereocenters. The van der Waals surface area contributed by atoms with E-state index in [4.69, 9.17) is 18.0 Å². The van der Waals surface area contributed by atoms with Crippen molar-refractivity contribution in [1.29, 1.82) is 0 Å². The predicted molar refractivity (Wildman–Crippen MR) is 81.8 cm³/mol. The average molecular weight is 278 g/mol. The fourth-order valence-electron chi connectivity index (χ4n) is 2.30. The Morgan fingerprint density at radius 3 is 2.74 bits per heavy atom. The third kappa shape index (κ3) is 4.43. The highest BCUT2D eigenvalue weighted by Crippen LogP contribution is 2.20.